The summed E-state index contributed by atoms with van der Waals surface area (Å²) in [5, 5.41) is 1.19. The second-order valence-corrected chi connectivity index (χ2v) is 5.67. The van der Waals surface area contributed by atoms with E-state index in [-0.39, 0.29) is 0 Å². The van der Waals surface area contributed by atoms with Crippen LogP contribution in [0.3, 0.4) is 0 Å². The Balaban J connectivity index is 1.83. The Hall–Kier alpha value is -2.00. The lowest BCUT2D eigenvalue weighted by molar-refractivity contribution is 0.308. The van der Waals surface area contributed by atoms with Crippen LogP contribution in [0.25, 0.3) is 10.1 Å². The predicted octanol–water partition coefficient (Wildman–Crippen LogP) is 4.37. The van der Waals surface area contributed by atoms with Crippen LogP contribution in [-0.4, -0.2) is 0 Å². The normalized spacial score (nSPS) is 10.8. The van der Waals surface area contributed by atoms with Crippen LogP contribution in [0.5, 0.6) is 5.75 Å². The van der Waals surface area contributed by atoms with Gasteiger partial charge in [-0.3, -0.25) is 0 Å². The standard InChI is InChI=1S/C16H15NOS/c1-11-5-2-3-8-15(11)18-10-13-9-12-6-4-7-14(17)16(12)19-13/h2-9H,10,17H2,1H3. The molecule has 2 nitrogen and oxygen atoms in total. The molecule has 1 heterocycles. The average molecular weight is 269 g/mol. The zero-order chi connectivity index (χ0) is 13.2. The Morgan fingerprint density at radius 2 is 1.95 bits per heavy atom. The number of benzene rings is 2. The summed E-state index contributed by atoms with van der Waals surface area (Å²) in [6.45, 7) is 2.64. The molecule has 0 amide bonds. The van der Waals surface area contributed by atoms with Crippen LogP contribution in [0.2, 0.25) is 0 Å². The largest absolute Gasteiger partial charge is 0.488 e. The number of ether oxygens (including phenoxy) is 1. The highest BCUT2D eigenvalue weighted by molar-refractivity contribution is 7.19. The fourth-order valence-electron chi connectivity index (χ4n) is 2.08. The molecule has 3 aromatic rings. The predicted molar refractivity (Wildman–Crippen MR) is 81.7 cm³/mol. The average Bonchev–Trinajstić information content (AvgIpc) is 2.82. The number of hydrogen-bond acceptors (Lipinski definition) is 3. The molecule has 1 aromatic heterocycles. The summed E-state index contributed by atoms with van der Waals surface area (Å²) in [7, 11) is 0. The summed E-state index contributed by atoms with van der Waals surface area (Å²) < 4.78 is 7.01. The van der Waals surface area contributed by atoms with Crippen LogP contribution in [0.15, 0.2) is 48.5 Å². The van der Waals surface area contributed by atoms with Crippen LogP contribution in [0.4, 0.5) is 5.69 Å². The number of nitrogen functional groups attached to an aromatic ring is 1. The zero-order valence-electron chi connectivity index (χ0n) is 10.7. The molecular formula is C16H15NOS. The van der Waals surface area contributed by atoms with Crippen LogP contribution in [-0.2, 0) is 6.61 Å². The van der Waals surface area contributed by atoms with Gasteiger partial charge in [0, 0.05) is 10.6 Å². The number of fused-ring (bicyclic) bond motifs is 1. The van der Waals surface area contributed by atoms with E-state index in [1.165, 1.54) is 10.3 Å². The van der Waals surface area contributed by atoms with E-state index < -0.39 is 0 Å². The summed E-state index contributed by atoms with van der Waals surface area (Å²) in [5.74, 6) is 0.938. The van der Waals surface area contributed by atoms with Crippen LogP contribution in [0.1, 0.15) is 10.4 Å². The van der Waals surface area contributed by atoms with E-state index in [1.807, 2.05) is 30.3 Å². The van der Waals surface area contributed by atoms with Crippen molar-refractivity contribution in [1.82, 2.24) is 0 Å². The molecule has 0 bridgehead atoms. The Morgan fingerprint density at radius 3 is 2.74 bits per heavy atom. The van der Waals surface area contributed by atoms with Crippen molar-refractivity contribution < 1.29 is 4.74 Å². The first-order chi connectivity index (χ1) is 9.24. The molecule has 96 valence electrons. The van der Waals surface area contributed by atoms with Gasteiger partial charge in [-0.05, 0) is 36.1 Å². The minimum Gasteiger partial charge on any atom is -0.488 e. The summed E-state index contributed by atoms with van der Waals surface area (Å²) in [4.78, 5) is 1.19. The zero-order valence-corrected chi connectivity index (χ0v) is 11.5. The second kappa shape index (κ2) is 4.94. The molecule has 2 N–H and O–H groups in total. The van der Waals surface area contributed by atoms with Gasteiger partial charge in [0.2, 0.25) is 0 Å². The Labute approximate surface area is 116 Å². The fourth-order valence-corrected chi connectivity index (χ4v) is 3.07. The van der Waals surface area contributed by atoms with Gasteiger partial charge < -0.3 is 10.5 Å². The van der Waals surface area contributed by atoms with Crippen LogP contribution < -0.4 is 10.5 Å². The summed E-state index contributed by atoms with van der Waals surface area (Å²) >= 11 is 1.70. The van der Waals surface area contributed by atoms with Crippen molar-refractivity contribution in [2.45, 2.75) is 13.5 Å². The van der Waals surface area contributed by atoms with E-state index in [4.69, 9.17) is 10.5 Å². The molecule has 2 aromatic carbocycles. The van der Waals surface area contributed by atoms with E-state index in [0.717, 1.165) is 21.7 Å². The molecule has 0 fully saturated rings. The third kappa shape index (κ3) is 2.42. The fraction of sp³-hybridized carbons (Fsp3) is 0.125. The molecule has 0 saturated heterocycles. The van der Waals surface area contributed by atoms with E-state index in [2.05, 4.69) is 25.1 Å². The van der Waals surface area contributed by atoms with Crippen molar-refractivity contribution in [1.29, 1.82) is 0 Å². The number of anilines is 1. The minimum atomic E-state index is 0.587. The number of rotatable bonds is 3. The molecule has 0 radical (unpaired) electrons. The Morgan fingerprint density at radius 1 is 1.11 bits per heavy atom. The maximum Gasteiger partial charge on any atom is 0.122 e. The number of aryl methyl sites for hydroxylation is 1. The third-order valence-corrected chi connectivity index (χ3v) is 4.26. The lowest BCUT2D eigenvalue weighted by Gasteiger charge is -2.06. The van der Waals surface area contributed by atoms with Gasteiger partial charge in [-0.1, -0.05) is 30.3 Å². The Bertz CT molecular complexity index is 718. The van der Waals surface area contributed by atoms with Crippen molar-refractivity contribution in [2.24, 2.45) is 0 Å². The smallest absolute Gasteiger partial charge is 0.122 e. The van der Waals surface area contributed by atoms with Crippen molar-refractivity contribution in [3.63, 3.8) is 0 Å². The maximum atomic E-state index is 5.97. The van der Waals surface area contributed by atoms with Gasteiger partial charge in [-0.25, -0.2) is 0 Å². The van der Waals surface area contributed by atoms with Crippen molar-refractivity contribution in [3.8, 4) is 5.75 Å². The molecule has 0 aliphatic heterocycles. The minimum absolute atomic E-state index is 0.587. The molecule has 0 aliphatic rings. The highest BCUT2D eigenvalue weighted by Crippen LogP contribution is 2.31. The van der Waals surface area contributed by atoms with Crippen LogP contribution >= 0.6 is 11.3 Å². The summed E-state index contributed by atoms with van der Waals surface area (Å²) in [6, 6.07) is 16.2. The topological polar surface area (TPSA) is 35.2 Å². The van der Waals surface area contributed by atoms with E-state index in [1.54, 1.807) is 11.3 Å². The van der Waals surface area contributed by atoms with Crippen LogP contribution in [0, 0.1) is 6.92 Å². The number of thiophene rings is 1. The molecule has 0 aliphatic carbocycles. The van der Waals surface area contributed by atoms with Gasteiger partial charge in [-0.15, -0.1) is 11.3 Å². The van der Waals surface area contributed by atoms with E-state index >= 15 is 0 Å². The third-order valence-electron chi connectivity index (χ3n) is 3.09. The van der Waals surface area contributed by atoms with Crippen molar-refractivity contribution in [2.75, 3.05) is 5.73 Å². The molecule has 0 atom stereocenters. The molecule has 0 unspecified atom stereocenters. The van der Waals surface area contributed by atoms with Gasteiger partial charge in [0.25, 0.3) is 0 Å². The monoisotopic (exact) mass is 269 g/mol. The maximum absolute atomic E-state index is 5.97. The number of nitrogens with two attached hydrogens (primary N) is 1. The first-order valence-corrected chi connectivity index (χ1v) is 7.01. The highest BCUT2D eigenvalue weighted by atomic mass is 32.1. The van der Waals surface area contributed by atoms with E-state index in [9.17, 15) is 0 Å². The van der Waals surface area contributed by atoms with E-state index in [0.29, 0.717) is 6.61 Å². The second-order valence-electron chi connectivity index (χ2n) is 4.53. The molecule has 0 spiro atoms. The summed E-state index contributed by atoms with van der Waals surface area (Å²) in [5.41, 5.74) is 7.96. The molecule has 3 rings (SSSR count). The van der Waals surface area contributed by atoms with Gasteiger partial charge in [0.05, 0.1) is 4.70 Å². The lowest BCUT2D eigenvalue weighted by Crippen LogP contribution is -1.94. The molecule has 3 heteroatoms. The molecule has 0 saturated carbocycles. The first kappa shape index (κ1) is 12.1. The first-order valence-electron chi connectivity index (χ1n) is 6.19. The SMILES string of the molecule is Cc1ccccc1OCc1cc2cccc(N)c2s1. The summed E-state index contributed by atoms with van der Waals surface area (Å²) in [6.07, 6.45) is 0. The highest BCUT2D eigenvalue weighted by Gasteiger charge is 2.05. The van der Waals surface area contributed by atoms with Crippen molar-refractivity contribution in [3.05, 3.63) is 59.0 Å². The number of hydrogen-bond donors (Lipinski definition) is 1. The molecular weight excluding hydrogens is 254 g/mol. The molecule has 19 heavy (non-hydrogen) atoms. The lowest BCUT2D eigenvalue weighted by atomic mass is 10.2. The van der Waals surface area contributed by atoms with Gasteiger partial charge in [0.15, 0.2) is 0 Å². The quantitative estimate of drug-likeness (QED) is 0.716. The van der Waals surface area contributed by atoms with Crippen molar-refractivity contribution >= 4 is 27.1 Å². The van der Waals surface area contributed by atoms with Gasteiger partial charge in [0.1, 0.15) is 12.4 Å². The van der Waals surface area contributed by atoms with Gasteiger partial charge in [-0.2, -0.15) is 0 Å². The van der Waals surface area contributed by atoms with Gasteiger partial charge >= 0.3 is 0 Å². The number of para-hydroxylation sites is 1. The Kier molecular flexibility index (Phi) is 3.13.